The highest BCUT2D eigenvalue weighted by atomic mass is 19.1. The quantitative estimate of drug-likeness (QED) is 0.799. The molecule has 1 aliphatic carbocycles. The van der Waals surface area contributed by atoms with Crippen LogP contribution in [-0.4, -0.2) is 29.9 Å². The smallest absolute Gasteiger partial charge is 0.219 e. The Kier molecular flexibility index (Phi) is 5.46. The number of carbonyl (C=O) groups excluding carboxylic acids is 1. The van der Waals surface area contributed by atoms with Crippen LogP contribution < -0.4 is 5.73 Å². The third kappa shape index (κ3) is 3.59. The molecule has 0 aromatic heterocycles. The first-order valence-corrected chi connectivity index (χ1v) is 5.94. The van der Waals surface area contributed by atoms with Crippen LogP contribution in [0.15, 0.2) is 11.9 Å². The van der Waals surface area contributed by atoms with Gasteiger partial charge in [0.2, 0.25) is 5.91 Å². The Labute approximate surface area is 96.5 Å². The molecule has 1 aliphatic rings. The van der Waals surface area contributed by atoms with Crippen molar-refractivity contribution in [2.24, 2.45) is 5.73 Å². The number of carbonyl (C=O) groups is 1. The summed E-state index contributed by atoms with van der Waals surface area (Å²) in [4.78, 5) is 13.3. The molecule has 3 nitrogen and oxygen atoms in total. The molecule has 1 saturated carbocycles. The zero-order chi connectivity index (χ0) is 12.0. The van der Waals surface area contributed by atoms with Crippen LogP contribution in [0.1, 0.15) is 39.0 Å². The Morgan fingerprint density at radius 2 is 2.06 bits per heavy atom. The summed E-state index contributed by atoms with van der Waals surface area (Å²) in [5.74, 6) is 0.0136. The number of amides is 1. The minimum absolute atomic E-state index is 0.0136. The minimum Gasteiger partial charge on any atom is -0.336 e. The molecule has 0 bridgehead atoms. The summed E-state index contributed by atoms with van der Waals surface area (Å²) >= 11 is 0. The van der Waals surface area contributed by atoms with Crippen molar-refractivity contribution in [3.63, 3.8) is 0 Å². The van der Waals surface area contributed by atoms with Gasteiger partial charge in [0.15, 0.2) is 0 Å². The van der Waals surface area contributed by atoms with E-state index in [0.29, 0.717) is 18.4 Å². The lowest BCUT2D eigenvalue weighted by Gasteiger charge is -2.34. The molecule has 1 rings (SSSR count). The Morgan fingerprint density at radius 3 is 2.50 bits per heavy atom. The summed E-state index contributed by atoms with van der Waals surface area (Å²) in [5, 5.41) is 0. The summed E-state index contributed by atoms with van der Waals surface area (Å²) in [7, 11) is 0. The van der Waals surface area contributed by atoms with E-state index in [1.807, 2.05) is 0 Å². The Balaban J connectivity index is 2.62. The van der Waals surface area contributed by atoms with Crippen LogP contribution in [0, 0.1) is 0 Å². The van der Waals surface area contributed by atoms with Crippen LogP contribution in [0.25, 0.3) is 0 Å². The van der Waals surface area contributed by atoms with E-state index in [1.165, 1.54) is 6.42 Å². The van der Waals surface area contributed by atoms with Crippen molar-refractivity contribution in [2.75, 3.05) is 13.1 Å². The van der Waals surface area contributed by atoms with E-state index in [-0.39, 0.29) is 18.5 Å². The Hall–Kier alpha value is -0.900. The van der Waals surface area contributed by atoms with Crippen molar-refractivity contribution in [3.05, 3.63) is 11.9 Å². The number of halogens is 1. The minimum atomic E-state index is 0.0136. The molecule has 0 radical (unpaired) electrons. The molecule has 0 aliphatic heterocycles. The predicted molar refractivity (Wildman–Crippen MR) is 62.5 cm³/mol. The molecular formula is C12H21FN2O. The predicted octanol–water partition coefficient (Wildman–Crippen LogP) is 1.98. The Morgan fingerprint density at radius 1 is 1.44 bits per heavy atom. The van der Waals surface area contributed by atoms with Gasteiger partial charge in [0, 0.05) is 26.1 Å². The van der Waals surface area contributed by atoms with Crippen molar-refractivity contribution >= 4 is 5.91 Å². The molecule has 0 aromatic rings. The van der Waals surface area contributed by atoms with Crippen LogP contribution in [-0.2, 0) is 4.79 Å². The average molecular weight is 228 g/mol. The molecule has 0 spiro atoms. The monoisotopic (exact) mass is 228 g/mol. The lowest BCUT2D eigenvalue weighted by Crippen LogP contribution is -2.42. The van der Waals surface area contributed by atoms with Gasteiger partial charge in [-0.3, -0.25) is 4.79 Å². The first-order chi connectivity index (χ1) is 7.69. The molecule has 0 heterocycles. The number of nitrogens with zero attached hydrogens (tertiary/aromatic N) is 1. The maximum absolute atomic E-state index is 12.5. The molecule has 0 atom stereocenters. The van der Waals surface area contributed by atoms with E-state index >= 15 is 0 Å². The summed E-state index contributed by atoms with van der Waals surface area (Å²) in [6, 6.07) is 0.271. The molecule has 1 amide bonds. The maximum atomic E-state index is 12.5. The number of hydrogen-bond donors (Lipinski definition) is 1. The number of nitrogens with two attached hydrogens (primary N) is 1. The van der Waals surface area contributed by atoms with Crippen LogP contribution in [0.4, 0.5) is 4.39 Å². The molecule has 0 unspecified atom stereocenters. The normalized spacial score (nSPS) is 18.6. The van der Waals surface area contributed by atoms with Gasteiger partial charge in [0.05, 0.1) is 6.33 Å². The average Bonchev–Trinajstić information content (AvgIpc) is 2.31. The standard InChI is InChI=1S/C12H21FN2O/c1-10(16)15(9-11(7-13)8-14)12-5-3-2-4-6-12/h7,12H,2-6,8-9,14H2,1H3/b11-7+. The van der Waals surface area contributed by atoms with E-state index in [1.54, 1.807) is 11.8 Å². The van der Waals surface area contributed by atoms with Gasteiger partial charge in [-0.25, -0.2) is 4.39 Å². The SMILES string of the molecule is CC(=O)N(C/C(=C/F)CN)C1CCCCC1. The van der Waals surface area contributed by atoms with Crippen LogP contribution in [0.2, 0.25) is 0 Å². The second-order valence-corrected chi connectivity index (χ2v) is 4.41. The van der Waals surface area contributed by atoms with E-state index in [9.17, 15) is 9.18 Å². The summed E-state index contributed by atoms with van der Waals surface area (Å²) in [6.07, 6.45) is 6.15. The van der Waals surface area contributed by atoms with Gasteiger partial charge in [0.25, 0.3) is 0 Å². The fourth-order valence-corrected chi connectivity index (χ4v) is 2.25. The fraction of sp³-hybridized carbons (Fsp3) is 0.750. The third-order valence-corrected chi connectivity index (χ3v) is 3.21. The van der Waals surface area contributed by atoms with E-state index in [4.69, 9.17) is 5.73 Å². The highest BCUT2D eigenvalue weighted by Gasteiger charge is 2.23. The molecule has 16 heavy (non-hydrogen) atoms. The number of hydrogen-bond acceptors (Lipinski definition) is 2. The van der Waals surface area contributed by atoms with Crippen molar-refractivity contribution < 1.29 is 9.18 Å². The molecule has 1 fully saturated rings. The zero-order valence-corrected chi connectivity index (χ0v) is 9.92. The first kappa shape index (κ1) is 13.2. The van der Waals surface area contributed by atoms with E-state index in [0.717, 1.165) is 25.7 Å². The van der Waals surface area contributed by atoms with Crippen LogP contribution >= 0.6 is 0 Å². The fourth-order valence-electron chi connectivity index (χ4n) is 2.25. The van der Waals surface area contributed by atoms with Crippen LogP contribution in [0.5, 0.6) is 0 Å². The van der Waals surface area contributed by atoms with Crippen LogP contribution in [0.3, 0.4) is 0 Å². The molecule has 2 N–H and O–H groups in total. The van der Waals surface area contributed by atoms with Gasteiger partial charge in [0.1, 0.15) is 0 Å². The summed E-state index contributed by atoms with van der Waals surface area (Å²) < 4.78 is 12.5. The van der Waals surface area contributed by atoms with Gasteiger partial charge >= 0.3 is 0 Å². The van der Waals surface area contributed by atoms with Gasteiger partial charge < -0.3 is 10.6 Å². The number of rotatable bonds is 4. The van der Waals surface area contributed by atoms with Gasteiger partial charge in [-0.05, 0) is 18.4 Å². The van der Waals surface area contributed by atoms with Gasteiger partial charge in [-0.2, -0.15) is 0 Å². The van der Waals surface area contributed by atoms with Crippen molar-refractivity contribution in [1.29, 1.82) is 0 Å². The molecule has 4 heteroatoms. The maximum Gasteiger partial charge on any atom is 0.219 e. The Bertz CT molecular complexity index is 260. The van der Waals surface area contributed by atoms with Crippen molar-refractivity contribution in [3.8, 4) is 0 Å². The molecule has 92 valence electrons. The second kappa shape index (κ2) is 6.63. The highest BCUT2D eigenvalue weighted by molar-refractivity contribution is 5.74. The van der Waals surface area contributed by atoms with E-state index in [2.05, 4.69) is 0 Å². The van der Waals surface area contributed by atoms with E-state index < -0.39 is 0 Å². The van der Waals surface area contributed by atoms with Crippen molar-refractivity contribution in [2.45, 2.75) is 45.1 Å². The lowest BCUT2D eigenvalue weighted by atomic mass is 9.94. The lowest BCUT2D eigenvalue weighted by molar-refractivity contribution is -0.131. The largest absolute Gasteiger partial charge is 0.336 e. The van der Waals surface area contributed by atoms with Crippen molar-refractivity contribution in [1.82, 2.24) is 4.90 Å². The zero-order valence-electron chi connectivity index (χ0n) is 9.92. The molecule has 0 saturated heterocycles. The summed E-state index contributed by atoms with van der Waals surface area (Å²) in [5.41, 5.74) is 5.90. The highest BCUT2D eigenvalue weighted by Crippen LogP contribution is 2.23. The topological polar surface area (TPSA) is 46.3 Å². The third-order valence-electron chi connectivity index (χ3n) is 3.21. The summed E-state index contributed by atoms with van der Waals surface area (Å²) in [6.45, 7) is 2.06. The molecule has 0 aromatic carbocycles. The first-order valence-electron chi connectivity index (χ1n) is 5.94. The molecular weight excluding hydrogens is 207 g/mol. The van der Waals surface area contributed by atoms with Gasteiger partial charge in [-0.15, -0.1) is 0 Å². The van der Waals surface area contributed by atoms with Gasteiger partial charge in [-0.1, -0.05) is 19.3 Å². The second-order valence-electron chi connectivity index (χ2n) is 4.41.